The molecule has 2 heterocycles. The lowest BCUT2D eigenvalue weighted by Crippen LogP contribution is -2.31. The van der Waals surface area contributed by atoms with Gasteiger partial charge < -0.3 is 15.1 Å². The lowest BCUT2D eigenvalue weighted by molar-refractivity contribution is 0.0686. The number of carboxylic acid groups (broad SMARTS) is 1. The highest BCUT2D eigenvalue weighted by atomic mass is 16.4. The van der Waals surface area contributed by atoms with Crippen molar-refractivity contribution >= 4 is 11.9 Å². The van der Waals surface area contributed by atoms with Crippen molar-refractivity contribution in [1.82, 2.24) is 9.88 Å². The summed E-state index contributed by atoms with van der Waals surface area (Å²) in [6.45, 7) is 1.24. The maximum Gasteiger partial charge on any atom is 0.354 e. The Morgan fingerprint density at radius 2 is 2.05 bits per heavy atom. The van der Waals surface area contributed by atoms with Crippen LogP contribution >= 0.6 is 0 Å². The van der Waals surface area contributed by atoms with Crippen molar-refractivity contribution in [3.05, 3.63) is 29.6 Å². The number of hydrogen-bond acceptors (Lipinski definition) is 4. The number of amides is 1. The van der Waals surface area contributed by atoms with Gasteiger partial charge in [0.25, 0.3) is 5.91 Å². The van der Waals surface area contributed by atoms with Crippen LogP contribution in [0.2, 0.25) is 0 Å². The molecule has 6 nitrogen and oxygen atoms in total. The van der Waals surface area contributed by atoms with E-state index in [0.29, 0.717) is 24.6 Å². The van der Waals surface area contributed by atoms with E-state index in [-0.39, 0.29) is 23.6 Å². The molecule has 2 N–H and O–H groups in total. The topological polar surface area (TPSA) is 90.7 Å². The molecule has 20 heavy (non-hydrogen) atoms. The summed E-state index contributed by atoms with van der Waals surface area (Å²) >= 11 is 0. The van der Waals surface area contributed by atoms with Gasteiger partial charge in [-0.15, -0.1) is 0 Å². The van der Waals surface area contributed by atoms with Gasteiger partial charge in [0.05, 0.1) is 11.7 Å². The minimum absolute atomic E-state index is 0.0738. The SMILES string of the molecule is O=C(O)c1ccc(C(=O)N2CC3CCC(O)C3C2)cn1. The molecule has 3 atom stereocenters. The molecule has 1 aliphatic heterocycles. The van der Waals surface area contributed by atoms with E-state index in [4.69, 9.17) is 5.11 Å². The van der Waals surface area contributed by atoms with Gasteiger partial charge in [0.15, 0.2) is 0 Å². The minimum Gasteiger partial charge on any atom is -0.477 e. The van der Waals surface area contributed by atoms with Crippen LogP contribution in [-0.2, 0) is 0 Å². The summed E-state index contributed by atoms with van der Waals surface area (Å²) in [5, 5.41) is 18.6. The summed E-state index contributed by atoms with van der Waals surface area (Å²) in [5.74, 6) is -0.677. The van der Waals surface area contributed by atoms with E-state index in [9.17, 15) is 14.7 Å². The highest BCUT2D eigenvalue weighted by Crippen LogP contribution is 2.38. The van der Waals surface area contributed by atoms with Gasteiger partial charge in [-0.05, 0) is 30.9 Å². The third kappa shape index (κ3) is 2.16. The van der Waals surface area contributed by atoms with Gasteiger partial charge in [0.2, 0.25) is 0 Å². The van der Waals surface area contributed by atoms with Gasteiger partial charge in [-0.25, -0.2) is 9.78 Å². The lowest BCUT2D eigenvalue weighted by atomic mass is 10.00. The van der Waals surface area contributed by atoms with Gasteiger partial charge in [0.1, 0.15) is 5.69 Å². The Labute approximate surface area is 116 Å². The zero-order valence-electron chi connectivity index (χ0n) is 10.9. The zero-order valence-corrected chi connectivity index (χ0v) is 10.9. The average molecular weight is 276 g/mol. The molecule has 6 heteroatoms. The van der Waals surface area contributed by atoms with E-state index in [1.165, 1.54) is 18.3 Å². The largest absolute Gasteiger partial charge is 0.477 e. The Morgan fingerprint density at radius 1 is 1.25 bits per heavy atom. The van der Waals surface area contributed by atoms with E-state index in [2.05, 4.69) is 4.98 Å². The van der Waals surface area contributed by atoms with Crippen LogP contribution in [0, 0.1) is 11.8 Å². The fourth-order valence-electron chi connectivity index (χ4n) is 3.23. The van der Waals surface area contributed by atoms with E-state index in [0.717, 1.165) is 12.8 Å². The lowest BCUT2D eigenvalue weighted by Gasteiger charge is -2.18. The standard InChI is InChI=1S/C14H16N2O4/c17-12-4-2-9-6-16(7-10(9)12)13(18)8-1-3-11(14(19)20)15-5-8/h1,3,5,9-10,12,17H,2,4,6-7H2,(H,19,20). The monoisotopic (exact) mass is 276 g/mol. The number of aromatic nitrogens is 1. The number of pyridine rings is 1. The highest BCUT2D eigenvalue weighted by Gasteiger charge is 2.43. The second-order valence-corrected chi connectivity index (χ2v) is 5.52. The molecule has 1 saturated heterocycles. The molecule has 3 rings (SSSR count). The number of aliphatic hydroxyl groups is 1. The molecular weight excluding hydrogens is 260 g/mol. The van der Waals surface area contributed by atoms with Crippen LogP contribution in [-0.4, -0.2) is 51.2 Å². The molecule has 1 saturated carbocycles. The first kappa shape index (κ1) is 13.1. The van der Waals surface area contributed by atoms with Crippen molar-refractivity contribution in [2.24, 2.45) is 11.8 Å². The molecule has 2 aliphatic rings. The molecule has 0 aromatic carbocycles. The van der Waals surface area contributed by atoms with Crippen LogP contribution in [0.3, 0.4) is 0 Å². The fraction of sp³-hybridized carbons (Fsp3) is 0.500. The number of likely N-dealkylation sites (tertiary alicyclic amines) is 1. The number of hydrogen-bond donors (Lipinski definition) is 2. The number of carbonyl (C=O) groups is 2. The molecule has 106 valence electrons. The van der Waals surface area contributed by atoms with E-state index in [1.807, 2.05) is 0 Å². The Morgan fingerprint density at radius 3 is 2.65 bits per heavy atom. The summed E-state index contributed by atoms with van der Waals surface area (Å²) < 4.78 is 0. The van der Waals surface area contributed by atoms with Crippen LogP contribution in [0.4, 0.5) is 0 Å². The predicted molar refractivity (Wildman–Crippen MR) is 69.3 cm³/mol. The van der Waals surface area contributed by atoms with Crippen molar-refractivity contribution < 1.29 is 19.8 Å². The van der Waals surface area contributed by atoms with Gasteiger partial charge in [-0.1, -0.05) is 0 Å². The maximum absolute atomic E-state index is 12.3. The van der Waals surface area contributed by atoms with E-state index < -0.39 is 5.97 Å². The third-order valence-electron chi connectivity index (χ3n) is 4.34. The number of nitrogens with zero attached hydrogens (tertiary/aromatic N) is 2. The third-order valence-corrected chi connectivity index (χ3v) is 4.34. The Balaban J connectivity index is 1.72. The molecule has 0 bridgehead atoms. The molecular formula is C14H16N2O4. The van der Waals surface area contributed by atoms with Crippen LogP contribution in [0.1, 0.15) is 33.7 Å². The summed E-state index contributed by atoms with van der Waals surface area (Å²) in [4.78, 5) is 28.5. The molecule has 2 fully saturated rings. The van der Waals surface area contributed by atoms with Gasteiger partial charge >= 0.3 is 5.97 Å². The minimum atomic E-state index is -1.11. The van der Waals surface area contributed by atoms with Crippen LogP contribution in [0.15, 0.2) is 18.3 Å². The van der Waals surface area contributed by atoms with Crippen LogP contribution < -0.4 is 0 Å². The Hall–Kier alpha value is -1.95. The first-order chi connectivity index (χ1) is 9.56. The van der Waals surface area contributed by atoms with Gasteiger partial charge in [-0.3, -0.25) is 4.79 Å². The normalized spacial score (nSPS) is 28.4. The van der Waals surface area contributed by atoms with Crippen molar-refractivity contribution in [3.8, 4) is 0 Å². The zero-order chi connectivity index (χ0) is 14.3. The number of fused-ring (bicyclic) bond motifs is 1. The smallest absolute Gasteiger partial charge is 0.354 e. The molecule has 1 aromatic heterocycles. The molecule has 1 aromatic rings. The number of carbonyl (C=O) groups excluding carboxylic acids is 1. The highest BCUT2D eigenvalue weighted by molar-refractivity contribution is 5.95. The number of rotatable bonds is 2. The predicted octanol–water partition coefficient (Wildman–Crippen LogP) is 0.623. The molecule has 0 radical (unpaired) electrons. The van der Waals surface area contributed by atoms with Crippen molar-refractivity contribution in [3.63, 3.8) is 0 Å². The van der Waals surface area contributed by atoms with Crippen LogP contribution in [0.25, 0.3) is 0 Å². The number of aromatic carboxylic acids is 1. The quantitative estimate of drug-likeness (QED) is 0.826. The van der Waals surface area contributed by atoms with Crippen molar-refractivity contribution in [2.45, 2.75) is 18.9 Å². The first-order valence-corrected chi connectivity index (χ1v) is 6.73. The summed E-state index contributed by atoms with van der Waals surface area (Å²) in [6.07, 6.45) is 2.79. The van der Waals surface area contributed by atoms with Gasteiger partial charge in [-0.2, -0.15) is 0 Å². The summed E-state index contributed by atoms with van der Waals surface area (Å²) in [5.41, 5.74) is 0.319. The Kier molecular flexibility index (Phi) is 3.17. The van der Waals surface area contributed by atoms with Crippen LogP contribution in [0.5, 0.6) is 0 Å². The molecule has 1 aliphatic carbocycles. The second-order valence-electron chi connectivity index (χ2n) is 5.52. The summed E-state index contributed by atoms with van der Waals surface area (Å²) in [7, 11) is 0. The molecule has 3 unspecified atom stereocenters. The Bertz CT molecular complexity index is 543. The molecule has 0 spiro atoms. The first-order valence-electron chi connectivity index (χ1n) is 6.73. The van der Waals surface area contributed by atoms with E-state index >= 15 is 0 Å². The fourth-order valence-corrected chi connectivity index (χ4v) is 3.23. The number of aliphatic hydroxyl groups excluding tert-OH is 1. The van der Waals surface area contributed by atoms with E-state index in [1.54, 1.807) is 4.90 Å². The van der Waals surface area contributed by atoms with Gasteiger partial charge in [0, 0.05) is 25.2 Å². The maximum atomic E-state index is 12.3. The molecule has 1 amide bonds. The average Bonchev–Trinajstić information content (AvgIpc) is 3.01. The summed E-state index contributed by atoms with van der Waals surface area (Å²) in [6, 6.07) is 2.82. The van der Waals surface area contributed by atoms with Crippen molar-refractivity contribution in [2.75, 3.05) is 13.1 Å². The van der Waals surface area contributed by atoms with Crippen molar-refractivity contribution in [1.29, 1.82) is 0 Å². The number of carboxylic acids is 1. The second kappa shape index (κ2) is 4.86.